The van der Waals surface area contributed by atoms with E-state index in [9.17, 15) is 4.79 Å². The van der Waals surface area contributed by atoms with E-state index in [0.29, 0.717) is 24.9 Å². The number of para-hydroxylation sites is 1. The molecular weight excluding hydrogens is 390 g/mol. The van der Waals surface area contributed by atoms with Crippen LogP contribution in [0.1, 0.15) is 25.8 Å². The van der Waals surface area contributed by atoms with Crippen LogP contribution in [0.15, 0.2) is 59.6 Å². The number of guanidine groups is 1. The highest BCUT2D eigenvalue weighted by Crippen LogP contribution is 2.19. The molecule has 0 radical (unpaired) electrons. The number of nitrogens with one attached hydrogen (secondary N) is 3. The summed E-state index contributed by atoms with van der Waals surface area (Å²) in [4.78, 5) is 18.7. The molecule has 0 aromatic heterocycles. The van der Waals surface area contributed by atoms with Crippen molar-refractivity contribution < 1.29 is 9.53 Å². The lowest BCUT2D eigenvalue weighted by Gasteiger charge is -2.20. The summed E-state index contributed by atoms with van der Waals surface area (Å²) in [5.41, 5.74) is 2.29. The van der Waals surface area contributed by atoms with Gasteiger partial charge in [0, 0.05) is 37.9 Å². The van der Waals surface area contributed by atoms with Gasteiger partial charge in [-0.1, -0.05) is 30.3 Å². The van der Waals surface area contributed by atoms with Crippen LogP contribution >= 0.6 is 0 Å². The number of nitrogens with zero attached hydrogens (tertiary/aromatic N) is 2. The highest BCUT2D eigenvalue weighted by molar-refractivity contribution is 5.80. The quantitative estimate of drug-likeness (QED) is 0.427. The Morgan fingerprint density at radius 2 is 1.90 bits per heavy atom. The molecule has 166 valence electrons. The van der Waals surface area contributed by atoms with Gasteiger partial charge >= 0.3 is 0 Å². The Morgan fingerprint density at radius 3 is 2.68 bits per heavy atom. The zero-order chi connectivity index (χ0) is 21.9. The number of amides is 1. The average molecular weight is 424 g/mol. The summed E-state index contributed by atoms with van der Waals surface area (Å²) in [5, 5.41) is 9.63. The van der Waals surface area contributed by atoms with Crippen LogP contribution in [0.25, 0.3) is 0 Å². The van der Waals surface area contributed by atoms with E-state index in [4.69, 9.17) is 9.73 Å². The van der Waals surface area contributed by atoms with Crippen molar-refractivity contribution in [3.63, 3.8) is 0 Å². The van der Waals surface area contributed by atoms with Crippen molar-refractivity contribution in [3.8, 4) is 5.75 Å². The molecule has 3 N–H and O–H groups in total. The maximum Gasteiger partial charge on any atom is 0.257 e. The fourth-order valence-electron chi connectivity index (χ4n) is 3.57. The van der Waals surface area contributed by atoms with E-state index in [0.717, 1.165) is 37.6 Å². The van der Waals surface area contributed by atoms with Gasteiger partial charge in [-0.15, -0.1) is 0 Å². The minimum atomic E-state index is -0.120. The number of ether oxygens (including phenoxy) is 1. The van der Waals surface area contributed by atoms with E-state index in [-0.39, 0.29) is 12.5 Å². The van der Waals surface area contributed by atoms with Gasteiger partial charge in [0.05, 0.1) is 6.54 Å². The number of hydrogen-bond donors (Lipinski definition) is 3. The number of carbonyl (C=O) groups excluding carboxylic acids is 1. The topological polar surface area (TPSA) is 78.0 Å². The van der Waals surface area contributed by atoms with Gasteiger partial charge in [0.1, 0.15) is 5.75 Å². The number of rotatable bonds is 9. The number of likely N-dealkylation sites (N-methyl/N-ethyl adjacent to an activating group) is 1. The summed E-state index contributed by atoms with van der Waals surface area (Å²) >= 11 is 0. The average Bonchev–Trinajstić information content (AvgIpc) is 3.26. The largest absolute Gasteiger partial charge is 0.484 e. The Labute approximate surface area is 184 Å². The molecule has 7 heteroatoms. The van der Waals surface area contributed by atoms with Crippen molar-refractivity contribution in [2.45, 2.75) is 32.9 Å². The van der Waals surface area contributed by atoms with E-state index in [2.05, 4.69) is 52.0 Å². The third kappa shape index (κ3) is 7.20. The molecule has 1 fully saturated rings. The Morgan fingerprint density at radius 1 is 1.10 bits per heavy atom. The Kier molecular flexibility index (Phi) is 8.58. The minimum Gasteiger partial charge on any atom is -0.484 e. The first kappa shape index (κ1) is 22.5. The molecule has 1 unspecified atom stereocenters. The molecule has 2 aromatic carbocycles. The summed E-state index contributed by atoms with van der Waals surface area (Å²) in [6.45, 7) is 7.89. The molecule has 1 atom stereocenters. The Bertz CT molecular complexity index is 856. The van der Waals surface area contributed by atoms with Crippen molar-refractivity contribution >= 4 is 17.6 Å². The van der Waals surface area contributed by atoms with E-state index in [1.165, 1.54) is 5.69 Å². The molecule has 1 amide bonds. The second-order valence-corrected chi connectivity index (χ2v) is 7.50. The molecule has 1 aliphatic rings. The third-order valence-electron chi connectivity index (χ3n) is 5.06. The first-order chi connectivity index (χ1) is 15.2. The molecule has 0 saturated carbocycles. The zero-order valence-corrected chi connectivity index (χ0v) is 18.4. The van der Waals surface area contributed by atoms with Gasteiger partial charge in [0.25, 0.3) is 5.91 Å². The molecule has 1 heterocycles. The lowest BCUT2D eigenvalue weighted by Crippen LogP contribution is -2.44. The lowest BCUT2D eigenvalue weighted by atomic mass is 10.2. The molecule has 31 heavy (non-hydrogen) atoms. The van der Waals surface area contributed by atoms with Crippen LogP contribution in [0.5, 0.6) is 5.75 Å². The van der Waals surface area contributed by atoms with Gasteiger partial charge in [-0.05, 0) is 50.1 Å². The molecular formula is C24H33N5O2. The van der Waals surface area contributed by atoms with Gasteiger partial charge in [0.2, 0.25) is 0 Å². The molecule has 2 aromatic rings. The molecule has 0 spiro atoms. The van der Waals surface area contributed by atoms with Gasteiger partial charge in [-0.2, -0.15) is 0 Å². The molecule has 1 aliphatic heterocycles. The van der Waals surface area contributed by atoms with E-state index in [1.54, 1.807) is 0 Å². The summed E-state index contributed by atoms with van der Waals surface area (Å²) in [6.07, 6.45) is 1.07. The predicted octanol–water partition coefficient (Wildman–Crippen LogP) is 2.54. The van der Waals surface area contributed by atoms with Crippen molar-refractivity contribution in [1.82, 2.24) is 16.0 Å². The van der Waals surface area contributed by atoms with Crippen LogP contribution in [-0.4, -0.2) is 50.7 Å². The van der Waals surface area contributed by atoms with Gasteiger partial charge in [-0.25, -0.2) is 4.99 Å². The monoisotopic (exact) mass is 423 g/mol. The third-order valence-corrected chi connectivity index (χ3v) is 5.06. The summed E-state index contributed by atoms with van der Waals surface area (Å²) < 4.78 is 5.58. The second kappa shape index (κ2) is 11.8. The van der Waals surface area contributed by atoms with Crippen LogP contribution < -0.4 is 25.6 Å². The van der Waals surface area contributed by atoms with E-state index >= 15 is 0 Å². The van der Waals surface area contributed by atoms with Crippen molar-refractivity contribution in [2.24, 2.45) is 4.99 Å². The number of anilines is 1. The van der Waals surface area contributed by atoms with Crippen molar-refractivity contribution in [1.29, 1.82) is 0 Å². The number of carbonyl (C=O) groups is 1. The van der Waals surface area contributed by atoms with E-state index < -0.39 is 0 Å². The second-order valence-electron chi connectivity index (χ2n) is 7.50. The van der Waals surface area contributed by atoms with Crippen LogP contribution in [0, 0.1) is 0 Å². The van der Waals surface area contributed by atoms with Crippen molar-refractivity contribution in [2.75, 3.05) is 37.7 Å². The SMILES string of the molecule is CCNC(=O)COc1cccc(CN=C(NCC)NC2CCN(c3ccccc3)C2)c1. The minimum absolute atomic E-state index is 0.0182. The summed E-state index contributed by atoms with van der Waals surface area (Å²) in [5.74, 6) is 1.37. The number of hydrogen-bond acceptors (Lipinski definition) is 4. The maximum atomic E-state index is 11.6. The van der Waals surface area contributed by atoms with Crippen molar-refractivity contribution in [3.05, 3.63) is 60.2 Å². The summed E-state index contributed by atoms with van der Waals surface area (Å²) in [7, 11) is 0. The van der Waals surface area contributed by atoms with E-state index in [1.807, 2.05) is 37.3 Å². The molecule has 0 aliphatic carbocycles. The maximum absolute atomic E-state index is 11.6. The molecule has 7 nitrogen and oxygen atoms in total. The van der Waals surface area contributed by atoms with Crippen LogP contribution in [0.4, 0.5) is 5.69 Å². The van der Waals surface area contributed by atoms with Gasteiger partial charge in [-0.3, -0.25) is 4.79 Å². The first-order valence-corrected chi connectivity index (χ1v) is 11.0. The standard InChI is InChI=1S/C24H33N5O2/c1-3-25-23(30)18-31-22-12-8-9-19(15-22)16-27-24(26-4-2)28-20-13-14-29(17-20)21-10-6-5-7-11-21/h5-12,15,20H,3-4,13-14,16-18H2,1-2H3,(H,25,30)(H2,26,27,28). The Balaban J connectivity index is 1.55. The first-order valence-electron chi connectivity index (χ1n) is 11.0. The highest BCUT2D eigenvalue weighted by atomic mass is 16.5. The van der Waals surface area contributed by atoms with Crippen LogP contribution in [0.2, 0.25) is 0 Å². The molecule has 1 saturated heterocycles. The van der Waals surface area contributed by atoms with Crippen LogP contribution in [-0.2, 0) is 11.3 Å². The molecule has 3 rings (SSSR count). The fraction of sp³-hybridized carbons (Fsp3) is 0.417. The van der Waals surface area contributed by atoms with Crippen LogP contribution in [0.3, 0.4) is 0 Å². The molecule has 0 bridgehead atoms. The predicted molar refractivity (Wildman–Crippen MR) is 126 cm³/mol. The fourth-order valence-corrected chi connectivity index (χ4v) is 3.57. The zero-order valence-electron chi connectivity index (χ0n) is 18.4. The number of aliphatic imine (C=N–C) groups is 1. The van der Waals surface area contributed by atoms with Gasteiger partial charge < -0.3 is 25.6 Å². The number of benzene rings is 2. The summed E-state index contributed by atoms with van der Waals surface area (Å²) in [6, 6.07) is 18.6. The lowest BCUT2D eigenvalue weighted by molar-refractivity contribution is -0.122. The smallest absolute Gasteiger partial charge is 0.257 e. The Hall–Kier alpha value is -3.22. The van der Waals surface area contributed by atoms with Gasteiger partial charge in [0.15, 0.2) is 12.6 Å². The normalized spacial score (nSPS) is 16.1. The highest BCUT2D eigenvalue weighted by Gasteiger charge is 2.23.